The monoisotopic (exact) mass is 378 g/mol. The Kier molecular flexibility index (Phi) is 5.06. The molecule has 2 N–H and O–H groups in total. The maximum atomic E-state index is 13.4. The van der Waals surface area contributed by atoms with Gasteiger partial charge in [0.1, 0.15) is 17.2 Å². The third-order valence-corrected chi connectivity index (χ3v) is 5.53. The number of likely N-dealkylation sites (tertiary alicyclic amines) is 1. The molecule has 148 valence electrons. The van der Waals surface area contributed by atoms with E-state index < -0.39 is 11.4 Å². The minimum absolute atomic E-state index is 0.0291. The lowest BCUT2D eigenvalue weighted by molar-refractivity contribution is -0.128. The molecule has 0 aliphatic carbocycles. The number of hydrogen-bond donors (Lipinski definition) is 2. The summed E-state index contributed by atoms with van der Waals surface area (Å²) < 4.78 is 18.8. The molecule has 3 rings (SSSR count). The molecule has 1 unspecified atom stereocenters. The number of phenols is 1. The van der Waals surface area contributed by atoms with E-state index >= 15 is 0 Å². The topological polar surface area (TPSA) is 78.9 Å². The lowest BCUT2D eigenvalue weighted by atomic mass is 9.62. The minimum Gasteiger partial charge on any atom is -0.508 e. The molecule has 0 saturated carbocycles. The van der Waals surface area contributed by atoms with Gasteiger partial charge < -0.3 is 20.1 Å². The number of carbonyl (C=O) groups excluding carboxylic acids is 2. The van der Waals surface area contributed by atoms with E-state index in [2.05, 4.69) is 5.32 Å². The van der Waals surface area contributed by atoms with Crippen LogP contribution < -0.4 is 5.32 Å². The molecule has 1 aromatic rings. The van der Waals surface area contributed by atoms with Gasteiger partial charge >= 0.3 is 6.09 Å². The Hall–Kier alpha value is -2.31. The quantitative estimate of drug-likeness (QED) is 0.787. The van der Waals surface area contributed by atoms with Crippen LogP contribution >= 0.6 is 0 Å². The molecule has 1 spiro atoms. The van der Waals surface area contributed by atoms with Crippen LogP contribution in [0.1, 0.15) is 51.5 Å². The van der Waals surface area contributed by atoms with Gasteiger partial charge in [0.25, 0.3) is 0 Å². The Labute approximate surface area is 158 Å². The molecule has 2 saturated heterocycles. The highest BCUT2D eigenvalue weighted by atomic mass is 19.1. The van der Waals surface area contributed by atoms with Crippen molar-refractivity contribution in [1.82, 2.24) is 10.2 Å². The molecule has 0 bridgehead atoms. The maximum absolute atomic E-state index is 13.4. The zero-order valence-electron chi connectivity index (χ0n) is 16.0. The normalized spacial score (nSPS) is 22.4. The minimum atomic E-state index is -0.556. The number of benzene rings is 1. The predicted octanol–water partition coefficient (Wildman–Crippen LogP) is 3.15. The largest absolute Gasteiger partial charge is 0.508 e. The van der Waals surface area contributed by atoms with Crippen molar-refractivity contribution in [3.05, 3.63) is 29.6 Å². The highest BCUT2D eigenvalue weighted by Crippen LogP contribution is 2.50. The smallest absolute Gasteiger partial charge is 0.410 e. The summed E-state index contributed by atoms with van der Waals surface area (Å²) >= 11 is 0. The van der Waals surface area contributed by atoms with Crippen molar-refractivity contribution in [3.8, 4) is 5.75 Å². The van der Waals surface area contributed by atoms with E-state index in [-0.39, 0.29) is 29.1 Å². The second-order valence-electron chi connectivity index (χ2n) is 8.57. The van der Waals surface area contributed by atoms with Crippen LogP contribution in [0.15, 0.2) is 18.2 Å². The summed E-state index contributed by atoms with van der Waals surface area (Å²) in [5.74, 6) is -0.745. The van der Waals surface area contributed by atoms with Crippen molar-refractivity contribution in [2.45, 2.75) is 51.6 Å². The highest BCUT2D eigenvalue weighted by molar-refractivity contribution is 5.78. The van der Waals surface area contributed by atoms with Gasteiger partial charge in [-0.1, -0.05) is 6.07 Å². The zero-order valence-corrected chi connectivity index (χ0v) is 16.0. The van der Waals surface area contributed by atoms with Crippen LogP contribution in [0.2, 0.25) is 0 Å². The first kappa shape index (κ1) is 19.5. The number of halogens is 1. The van der Waals surface area contributed by atoms with Gasteiger partial charge in [0.15, 0.2) is 0 Å². The molecular formula is C20H27FN2O4. The highest BCUT2D eigenvalue weighted by Gasteiger charge is 2.47. The number of aromatic hydroxyl groups is 1. The predicted molar refractivity (Wildman–Crippen MR) is 97.9 cm³/mol. The molecule has 0 radical (unpaired) electrons. The standard InChI is InChI=1S/C20H27FN2O4/c1-19(2,3)27-18(26)23-8-6-20(7-9-23)11-17(25)22-12-15(20)14-5-4-13(21)10-16(14)24/h4-5,10,15,24H,6-9,11-12H2,1-3H3,(H,22,25). The molecule has 6 nitrogen and oxygen atoms in total. The summed E-state index contributed by atoms with van der Waals surface area (Å²) in [4.78, 5) is 26.1. The second kappa shape index (κ2) is 7.02. The number of hydrogen-bond acceptors (Lipinski definition) is 4. The molecule has 1 atom stereocenters. The third kappa shape index (κ3) is 4.17. The van der Waals surface area contributed by atoms with E-state index in [4.69, 9.17) is 4.74 Å². The van der Waals surface area contributed by atoms with Crippen LogP contribution in [0.5, 0.6) is 5.75 Å². The van der Waals surface area contributed by atoms with Crippen molar-refractivity contribution in [3.63, 3.8) is 0 Å². The van der Waals surface area contributed by atoms with E-state index in [0.29, 0.717) is 44.5 Å². The Balaban J connectivity index is 1.80. The first-order chi connectivity index (χ1) is 12.6. The van der Waals surface area contributed by atoms with E-state index in [9.17, 15) is 19.1 Å². The Morgan fingerprint density at radius 1 is 1.33 bits per heavy atom. The van der Waals surface area contributed by atoms with Crippen molar-refractivity contribution in [2.24, 2.45) is 5.41 Å². The number of nitrogens with one attached hydrogen (secondary N) is 1. The number of carbonyl (C=O) groups is 2. The summed E-state index contributed by atoms with van der Waals surface area (Å²) in [7, 11) is 0. The van der Waals surface area contributed by atoms with Crippen LogP contribution in [0.25, 0.3) is 0 Å². The molecule has 2 amide bonds. The first-order valence-corrected chi connectivity index (χ1v) is 9.33. The summed E-state index contributed by atoms with van der Waals surface area (Å²) in [6.07, 6.45) is 1.23. The molecule has 2 fully saturated rings. The van der Waals surface area contributed by atoms with Gasteiger partial charge in [-0.15, -0.1) is 0 Å². The van der Waals surface area contributed by atoms with Gasteiger partial charge in [-0.2, -0.15) is 0 Å². The number of ether oxygens (including phenoxy) is 1. The van der Waals surface area contributed by atoms with Crippen LogP contribution in [0.3, 0.4) is 0 Å². The number of rotatable bonds is 1. The van der Waals surface area contributed by atoms with Gasteiger partial charge in [-0.05, 0) is 50.7 Å². The van der Waals surface area contributed by atoms with Crippen molar-refractivity contribution in [1.29, 1.82) is 0 Å². The molecular weight excluding hydrogens is 351 g/mol. The third-order valence-electron chi connectivity index (χ3n) is 5.53. The van der Waals surface area contributed by atoms with Gasteiger partial charge in [0.05, 0.1) is 0 Å². The fourth-order valence-electron chi connectivity index (χ4n) is 4.18. The number of amides is 2. The zero-order chi connectivity index (χ0) is 19.8. The van der Waals surface area contributed by atoms with Crippen molar-refractivity contribution in [2.75, 3.05) is 19.6 Å². The average molecular weight is 378 g/mol. The number of phenolic OH excluding ortho intramolecular Hbond substituents is 1. The second-order valence-corrected chi connectivity index (χ2v) is 8.57. The van der Waals surface area contributed by atoms with E-state index in [1.807, 2.05) is 20.8 Å². The number of nitrogens with zero attached hydrogens (tertiary/aromatic N) is 1. The molecule has 27 heavy (non-hydrogen) atoms. The fourth-order valence-corrected chi connectivity index (χ4v) is 4.18. The van der Waals surface area contributed by atoms with Gasteiger partial charge in [0, 0.05) is 38.0 Å². The lowest BCUT2D eigenvalue weighted by Crippen LogP contribution is -2.53. The Morgan fingerprint density at radius 3 is 2.59 bits per heavy atom. The van der Waals surface area contributed by atoms with E-state index in [1.54, 1.807) is 11.0 Å². The van der Waals surface area contributed by atoms with Gasteiger partial charge in [0.2, 0.25) is 5.91 Å². The Morgan fingerprint density at radius 2 is 2.00 bits per heavy atom. The van der Waals surface area contributed by atoms with Gasteiger partial charge in [-0.25, -0.2) is 9.18 Å². The average Bonchev–Trinajstić information content (AvgIpc) is 2.55. The van der Waals surface area contributed by atoms with Crippen molar-refractivity contribution < 1.29 is 23.8 Å². The van der Waals surface area contributed by atoms with E-state index in [1.165, 1.54) is 6.07 Å². The summed E-state index contributed by atoms with van der Waals surface area (Å²) in [6.45, 7) is 6.85. The van der Waals surface area contributed by atoms with Crippen LogP contribution in [-0.4, -0.2) is 47.2 Å². The molecule has 2 aliphatic rings. The van der Waals surface area contributed by atoms with E-state index in [0.717, 1.165) is 6.07 Å². The molecule has 7 heteroatoms. The Bertz CT molecular complexity index is 736. The fraction of sp³-hybridized carbons (Fsp3) is 0.600. The summed E-state index contributed by atoms with van der Waals surface area (Å²) in [6, 6.07) is 4.03. The number of piperidine rings is 2. The molecule has 2 heterocycles. The van der Waals surface area contributed by atoms with Crippen LogP contribution in [-0.2, 0) is 9.53 Å². The summed E-state index contributed by atoms with van der Waals surface area (Å²) in [5.41, 5.74) is -0.280. The van der Waals surface area contributed by atoms with Gasteiger partial charge in [-0.3, -0.25) is 4.79 Å². The van der Waals surface area contributed by atoms with Crippen LogP contribution in [0.4, 0.5) is 9.18 Å². The van der Waals surface area contributed by atoms with Crippen LogP contribution in [0, 0.1) is 11.2 Å². The lowest BCUT2D eigenvalue weighted by Gasteiger charge is -2.49. The molecule has 1 aromatic carbocycles. The maximum Gasteiger partial charge on any atom is 0.410 e. The molecule has 0 aromatic heterocycles. The SMILES string of the molecule is CC(C)(C)OC(=O)N1CCC2(CC1)CC(=O)NCC2c1ccc(F)cc1O. The van der Waals surface area contributed by atoms with Crippen molar-refractivity contribution >= 4 is 12.0 Å². The first-order valence-electron chi connectivity index (χ1n) is 9.33. The molecule has 2 aliphatic heterocycles. The summed E-state index contributed by atoms with van der Waals surface area (Å²) in [5, 5.41) is 13.1.